The number of rotatable bonds is 4. The maximum absolute atomic E-state index is 12.1. The molecule has 6 nitrogen and oxygen atoms in total. The first kappa shape index (κ1) is 12.6. The molecule has 19 heavy (non-hydrogen) atoms. The molecular formula is C13H18N2O4. The summed E-state index contributed by atoms with van der Waals surface area (Å²) < 4.78 is 15.8. The highest BCUT2D eigenvalue weighted by Crippen LogP contribution is 2.44. The van der Waals surface area contributed by atoms with Crippen LogP contribution in [0.3, 0.4) is 0 Å². The lowest BCUT2D eigenvalue weighted by atomic mass is 9.68. The monoisotopic (exact) mass is 266 g/mol. The zero-order chi connectivity index (χ0) is 13.3. The van der Waals surface area contributed by atoms with Crippen molar-refractivity contribution in [3.8, 4) is 0 Å². The summed E-state index contributed by atoms with van der Waals surface area (Å²) in [5.74, 6) is 1.03. The SMILES string of the molecule is CCOC(=O)C1(c2nc(C3CCOC3)no2)CCC1. The van der Waals surface area contributed by atoms with Gasteiger partial charge in [0.05, 0.1) is 13.2 Å². The summed E-state index contributed by atoms with van der Waals surface area (Å²) in [5.41, 5.74) is -0.694. The normalized spacial score (nSPS) is 25.0. The van der Waals surface area contributed by atoms with Crippen LogP contribution in [-0.2, 0) is 19.7 Å². The van der Waals surface area contributed by atoms with E-state index in [1.807, 2.05) is 0 Å². The molecule has 1 aliphatic carbocycles. The second-order valence-electron chi connectivity index (χ2n) is 5.17. The molecule has 1 saturated heterocycles. The van der Waals surface area contributed by atoms with E-state index in [9.17, 15) is 4.79 Å². The zero-order valence-corrected chi connectivity index (χ0v) is 11.1. The molecule has 0 spiro atoms. The van der Waals surface area contributed by atoms with Crippen LogP contribution in [-0.4, -0.2) is 35.9 Å². The Labute approximate surface area is 111 Å². The van der Waals surface area contributed by atoms with E-state index in [0.29, 0.717) is 24.9 Å². The van der Waals surface area contributed by atoms with Gasteiger partial charge in [-0.2, -0.15) is 4.98 Å². The van der Waals surface area contributed by atoms with E-state index in [2.05, 4.69) is 10.1 Å². The van der Waals surface area contributed by atoms with Crippen LogP contribution in [0.15, 0.2) is 4.52 Å². The number of hydrogen-bond donors (Lipinski definition) is 0. The smallest absolute Gasteiger partial charge is 0.321 e. The highest BCUT2D eigenvalue weighted by molar-refractivity contribution is 5.83. The third-order valence-electron chi connectivity index (χ3n) is 4.02. The molecule has 1 aromatic rings. The van der Waals surface area contributed by atoms with Gasteiger partial charge in [0.2, 0.25) is 5.89 Å². The molecule has 0 amide bonds. The van der Waals surface area contributed by atoms with Crippen molar-refractivity contribution in [1.82, 2.24) is 10.1 Å². The second-order valence-corrected chi connectivity index (χ2v) is 5.17. The molecule has 2 aliphatic rings. The summed E-state index contributed by atoms with van der Waals surface area (Å²) in [6.07, 6.45) is 3.36. The molecule has 1 aliphatic heterocycles. The Bertz CT molecular complexity index is 461. The van der Waals surface area contributed by atoms with Crippen molar-refractivity contribution in [1.29, 1.82) is 0 Å². The standard InChI is InChI=1S/C13H18N2O4/c1-2-18-12(16)13(5-3-6-13)11-14-10(15-19-11)9-4-7-17-8-9/h9H,2-8H2,1H3. The molecule has 1 saturated carbocycles. The summed E-state index contributed by atoms with van der Waals surface area (Å²) in [5, 5.41) is 4.01. The van der Waals surface area contributed by atoms with Crippen LogP contribution in [0, 0.1) is 0 Å². The lowest BCUT2D eigenvalue weighted by molar-refractivity contribution is -0.155. The van der Waals surface area contributed by atoms with Gasteiger partial charge in [-0.05, 0) is 26.2 Å². The Kier molecular flexibility index (Phi) is 3.26. The first-order valence-electron chi connectivity index (χ1n) is 6.85. The fraction of sp³-hybridized carbons (Fsp3) is 0.769. The lowest BCUT2D eigenvalue weighted by Gasteiger charge is -2.35. The van der Waals surface area contributed by atoms with Gasteiger partial charge in [-0.15, -0.1) is 0 Å². The van der Waals surface area contributed by atoms with E-state index in [4.69, 9.17) is 14.0 Å². The van der Waals surface area contributed by atoms with E-state index < -0.39 is 5.41 Å². The molecule has 2 heterocycles. The molecule has 6 heteroatoms. The van der Waals surface area contributed by atoms with Gasteiger partial charge < -0.3 is 14.0 Å². The van der Waals surface area contributed by atoms with E-state index >= 15 is 0 Å². The van der Waals surface area contributed by atoms with E-state index in [-0.39, 0.29) is 11.9 Å². The number of aromatic nitrogens is 2. The number of carbonyl (C=O) groups is 1. The third-order valence-corrected chi connectivity index (χ3v) is 4.02. The van der Waals surface area contributed by atoms with Gasteiger partial charge in [-0.1, -0.05) is 11.6 Å². The van der Waals surface area contributed by atoms with Crippen molar-refractivity contribution >= 4 is 5.97 Å². The van der Waals surface area contributed by atoms with Crippen molar-refractivity contribution in [2.45, 2.75) is 43.9 Å². The quantitative estimate of drug-likeness (QED) is 0.770. The Morgan fingerprint density at radius 2 is 2.37 bits per heavy atom. The molecule has 104 valence electrons. The fourth-order valence-corrected chi connectivity index (χ4v) is 2.64. The number of esters is 1. The molecule has 3 rings (SSSR count). The Morgan fingerprint density at radius 3 is 2.95 bits per heavy atom. The number of ether oxygens (including phenoxy) is 2. The predicted molar refractivity (Wildman–Crippen MR) is 64.6 cm³/mol. The molecule has 2 fully saturated rings. The van der Waals surface area contributed by atoms with E-state index in [1.165, 1.54) is 0 Å². The van der Waals surface area contributed by atoms with Gasteiger partial charge in [0.15, 0.2) is 5.82 Å². The molecular weight excluding hydrogens is 248 g/mol. The van der Waals surface area contributed by atoms with Crippen LogP contribution >= 0.6 is 0 Å². The summed E-state index contributed by atoms with van der Waals surface area (Å²) in [7, 11) is 0. The van der Waals surface area contributed by atoms with Crippen LogP contribution < -0.4 is 0 Å². The van der Waals surface area contributed by atoms with Crippen molar-refractivity contribution in [3.63, 3.8) is 0 Å². The van der Waals surface area contributed by atoms with Crippen LogP contribution in [0.4, 0.5) is 0 Å². The molecule has 0 aromatic carbocycles. The zero-order valence-electron chi connectivity index (χ0n) is 11.1. The first-order chi connectivity index (χ1) is 9.26. The van der Waals surface area contributed by atoms with Crippen LogP contribution in [0.1, 0.15) is 50.2 Å². The van der Waals surface area contributed by atoms with E-state index in [1.54, 1.807) is 6.92 Å². The summed E-state index contributed by atoms with van der Waals surface area (Å²) in [6.45, 7) is 3.54. The molecule has 1 aromatic heterocycles. The molecule has 1 atom stereocenters. The molecule has 1 unspecified atom stereocenters. The van der Waals surface area contributed by atoms with Gasteiger partial charge in [0.1, 0.15) is 5.41 Å². The second kappa shape index (κ2) is 4.92. The molecule has 0 radical (unpaired) electrons. The highest BCUT2D eigenvalue weighted by Gasteiger charge is 2.52. The van der Waals surface area contributed by atoms with Gasteiger partial charge >= 0.3 is 5.97 Å². The number of carbonyl (C=O) groups excluding carboxylic acids is 1. The minimum absolute atomic E-state index is 0.192. The largest absolute Gasteiger partial charge is 0.465 e. The minimum Gasteiger partial charge on any atom is -0.465 e. The van der Waals surface area contributed by atoms with Crippen LogP contribution in [0.25, 0.3) is 0 Å². The lowest BCUT2D eigenvalue weighted by Crippen LogP contribution is -2.44. The maximum atomic E-state index is 12.1. The summed E-state index contributed by atoms with van der Waals surface area (Å²) in [4.78, 5) is 16.5. The van der Waals surface area contributed by atoms with Crippen molar-refractivity contribution in [2.24, 2.45) is 0 Å². The minimum atomic E-state index is -0.694. The Balaban J connectivity index is 1.82. The Hall–Kier alpha value is -1.43. The van der Waals surface area contributed by atoms with Crippen LogP contribution in [0.2, 0.25) is 0 Å². The van der Waals surface area contributed by atoms with E-state index in [0.717, 1.165) is 32.3 Å². The van der Waals surface area contributed by atoms with Gasteiger partial charge in [0, 0.05) is 12.5 Å². The molecule has 0 bridgehead atoms. The average Bonchev–Trinajstić information content (AvgIpc) is 2.97. The summed E-state index contributed by atoms with van der Waals surface area (Å²) in [6, 6.07) is 0. The first-order valence-corrected chi connectivity index (χ1v) is 6.85. The summed E-state index contributed by atoms with van der Waals surface area (Å²) >= 11 is 0. The fourth-order valence-electron chi connectivity index (χ4n) is 2.64. The predicted octanol–water partition coefficient (Wildman–Crippen LogP) is 1.56. The number of hydrogen-bond acceptors (Lipinski definition) is 6. The van der Waals surface area contributed by atoms with Gasteiger partial charge in [0.25, 0.3) is 0 Å². The number of nitrogens with zero attached hydrogens (tertiary/aromatic N) is 2. The van der Waals surface area contributed by atoms with Gasteiger partial charge in [-0.25, -0.2) is 0 Å². The van der Waals surface area contributed by atoms with Crippen molar-refractivity contribution < 1.29 is 18.8 Å². The maximum Gasteiger partial charge on any atom is 0.321 e. The topological polar surface area (TPSA) is 74.5 Å². The third kappa shape index (κ3) is 2.04. The molecule has 0 N–H and O–H groups in total. The van der Waals surface area contributed by atoms with Crippen LogP contribution in [0.5, 0.6) is 0 Å². The van der Waals surface area contributed by atoms with Crippen molar-refractivity contribution in [3.05, 3.63) is 11.7 Å². The van der Waals surface area contributed by atoms with Gasteiger partial charge in [-0.3, -0.25) is 4.79 Å². The van der Waals surface area contributed by atoms with Crippen molar-refractivity contribution in [2.75, 3.05) is 19.8 Å². The Morgan fingerprint density at radius 1 is 1.53 bits per heavy atom. The average molecular weight is 266 g/mol. The highest BCUT2D eigenvalue weighted by atomic mass is 16.5.